The summed E-state index contributed by atoms with van der Waals surface area (Å²) in [5, 5.41) is 9.31. The highest BCUT2D eigenvalue weighted by atomic mass is 32.2. The Bertz CT molecular complexity index is 1040. The zero-order valence-electron chi connectivity index (χ0n) is 12.6. The van der Waals surface area contributed by atoms with Gasteiger partial charge in [-0.3, -0.25) is 0 Å². The van der Waals surface area contributed by atoms with Gasteiger partial charge in [-0.1, -0.05) is 30.3 Å². The standard InChI is InChI=1S/C17H12FNO4S2/c18-11-8-6-10(7-9-11)14-16(13(19)15(24-14)17(20)21)25(22,23)12-4-2-1-3-5-12/h1-9H,19H2,(H,20,21). The van der Waals surface area contributed by atoms with Crippen molar-refractivity contribution in [2.75, 3.05) is 5.73 Å². The normalized spacial score (nSPS) is 11.4. The number of benzene rings is 2. The summed E-state index contributed by atoms with van der Waals surface area (Å²) in [6, 6.07) is 12.7. The fourth-order valence-electron chi connectivity index (χ4n) is 2.36. The van der Waals surface area contributed by atoms with E-state index < -0.39 is 21.6 Å². The van der Waals surface area contributed by atoms with E-state index in [1.165, 1.54) is 36.4 Å². The lowest BCUT2D eigenvalue weighted by molar-refractivity contribution is 0.0703. The van der Waals surface area contributed by atoms with E-state index >= 15 is 0 Å². The van der Waals surface area contributed by atoms with E-state index in [0.29, 0.717) is 5.56 Å². The van der Waals surface area contributed by atoms with Gasteiger partial charge in [-0.2, -0.15) is 0 Å². The van der Waals surface area contributed by atoms with Gasteiger partial charge >= 0.3 is 5.97 Å². The van der Waals surface area contributed by atoms with Gasteiger partial charge in [-0.25, -0.2) is 17.6 Å². The van der Waals surface area contributed by atoms with Gasteiger partial charge in [0.25, 0.3) is 0 Å². The van der Waals surface area contributed by atoms with Crippen molar-refractivity contribution in [3.63, 3.8) is 0 Å². The lowest BCUT2D eigenvalue weighted by Crippen LogP contribution is -2.07. The topological polar surface area (TPSA) is 97.5 Å². The monoisotopic (exact) mass is 377 g/mol. The Morgan fingerprint density at radius 1 is 1.04 bits per heavy atom. The van der Waals surface area contributed by atoms with Crippen LogP contribution in [0.25, 0.3) is 10.4 Å². The number of aromatic carboxylic acids is 1. The Morgan fingerprint density at radius 2 is 1.64 bits per heavy atom. The number of halogens is 1. The molecule has 0 atom stereocenters. The lowest BCUT2D eigenvalue weighted by Gasteiger charge is -2.08. The third-order valence-electron chi connectivity index (χ3n) is 3.52. The highest BCUT2D eigenvalue weighted by molar-refractivity contribution is 7.92. The Labute approximate surface area is 147 Å². The predicted molar refractivity (Wildman–Crippen MR) is 93.0 cm³/mol. The van der Waals surface area contributed by atoms with E-state index in [1.807, 2.05) is 0 Å². The first kappa shape index (κ1) is 17.1. The molecule has 0 aliphatic carbocycles. The van der Waals surface area contributed by atoms with Crippen LogP contribution in [0, 0.1) is 5.82 Å². The van der Waals surface area contributed by atoms with Gasteiger partial charge in [0, 0.05) is 0 Å². The molecule has 5 nitrogen and oxygen atoms in total. The molecule has 1 heterocycles. The number of carbonyl (C=O) groups is 1. The molecule has 0 unspecified atom stereocenters. The molecule has 0 amide bonds. The first-order valence-electron chi connectivity index (χ1n) is 7.04. The van der Waals surface area contributed by atoms with E-state index in [0.717, 1.165) is 11.3 Å². The molecule has 0 fully saturated rings. The van der Waals surface area contributed by atoms with Gasteiger partial charge in [0.2, 0.25) is 9.84 Å². The van der Waals surface area contributed by atoms with Crippen molar-refractivity contribution in [2.45, 2.75) is 9.79 Å². The number of hydrogen-bond donors (Lipinski definition) is 2. The lowest BCUT2D eigenvalue weighted by atomic mass is 10.2. The molecule has 0 bridgehead atoms. The van der Waals surface area contributed by atoms with Crippen molar-refractivity contribution >= 4 is 32.8 Å². The number of sulfone groups is 1. The fraction of sp³-hybridized carbons (Fsp3) is 0. The van der Waals surface area contributed by atoms with Crippen molar-refractivity contribution in [2.24, 2.45) is 0 Å². The summed E-state index contributed by atoms with van der Waals surface area (Å²) in [6.07, 6.45) is 0. The summed E-state index contributed by atoms with van der Waals surface area (Å²) < 4.78 is 39.2. The van der Waals surface area contributed by atoms with Crippen LogP contribution in [-0.2, 0) is 9.84 Å². The summed E-state index contributed by atoms with van der Waals surface area (Å²) in [4.78, 5) is 11.0. The smallest absolute Gasteiger partial charge is 0.348 e. The van der Waals surface area contributed by atoms with E-state index in [2.05, 4.69) is 0 Å². The molecule has 0 aliphatic rings. The first-order valence-corrected chi connectivity index (χ1v) is 9.34. The highest BCUT2D eigenvalue weighted by Crippen LogP contribution is 2.43. The van der Waals surface area contributed by atoms with E-state index in [4.69, 9.17) is 5.73 Å². The Morgan fingerprint density at radius 3 is 2.20 bits per heavy atom. The molecule has 0 saturated heterocycles. The number of anilines is 1. The number of carboxylic acid groups (broad SMARTS) is 1. The molecule has 3 rings (SSSR count). The fourth-order valence-corrected chi connectivity index (χ4v) is 5.35. The minimum absolute atomic E-state index is 0.000185. The molecule has 2 aromatic carbocycles. The number of nitrogens with two attached hydrogens (primary N) is 1. The van der Waals surface area contributed by atoms with Crippen LogP contribution in [0.2, 0.25) is 0 Å². The van der Waals surface area contributed by atoms with Crippen molar-refractivity contribution in [1.29, 1.82) is 0 Å². The van der Waals surface area contributed by atoms with Gasteiger partial charge in [-0.15, -0.1) is 11.3 Å². The summed E-state index contributed by atoms with van der Waals surface area (Å²) in [5.74, 6) is -1.81. The predicted octanol–water partition coefficient (Wildman–Crippen LogP) is 3.67. The number of hydrogen-bond acceptors (Lipinski definition) is 5. The second-order valence-corrected chi connectivity index (χ2v) is 8.04. The van der Waals surface area contributed by atoms with Gasteiger partial charge in [0.05, 0.1) is 15.5 Å². The van der Waals surface area contributed by atoms with Crippen LogP contribution in [0.15, 0.2) is 64.4 Å². The van der Waals surface area contributed by atoms with E-state index in [-0.39, 0.29) is 25.2 Å². The van der Waals surface area contributed by atoms with Crippen LogP contribution in [0.3, 0.4) is 0 Å². The second-order valence-electron chi connectivity index (χ2n) is 5.13. The Balaban J connectivity index is 2.32. The number of nitrogen functional groups attached to an aromatic ring is 1. The Hall–Kier alpha value is -2.71. The number of rotatable bonds is 4. The van der Waals surface area contributed by atoms with Gasteiger partial charge < -0.3 is 10.8 Å². The van der Waals surface area contributed by atoms with Crippen molar-refractivity contribution in [1.82, 2.24) is 0 Å². The largest absolute Gasteiger partial charge is 0.477 e. The average molecular weight is 377 g/mol. The van der Waals surface area contributed by atoms with E-state index in [1.54, 1.807) is 18.2 Å². The molecule has 128 valence electrons. The molecular formula is C17H12FNO4S2. The number of carboxylic acids is 1. The molecular weight excluding hydrogens is 365 g/mol. The third-order valence-corrected chi connectivity index (χ3v) is 6.75. The first-order chi connectivity index (χ1) is 11.8. The van der Waals surface area contributed by atoms with Crippen LogP contribution >= 0.6 is 11.3 Å². The molecule has 0 radical (unpaired) electrons. The maximum absolute atomic E-state index is 13.2. The third kappa shape index (κ3) is 3.01. The minimum Gasteiger partial charge on any atom is -0.477 e. The molecule has 0 spiro atoms. The zero-order chi connectivity index (χ0) is 18.2. The molecule has 3 N–H and O–H groups in total. The molecule has 25 heavy (non-hydrogen) atoms. The number of thiophene rings is 1. The summed E-state index contributed by atoms with van der Waals surface area (Å²) in [5.41, 5.74) is 5.93. The van der Waals surface area contributed by atoms with Gasteiger partial charge in [0.15, 0.2) is 0 Å². The molecule has 1 aromatic heterocycles. The average Bonchev–Trinajstić information content (AvgIpc) is 2.94. The SMILES string of the molecule is Nc1c(C(=O)O)sc(-c2ccc(F)cc2)c1S(=O)(=O)c1ccccc1. The van der Waals surface area contributed by atoms with Crippen LogP contribution in [0.1, 0.15) is 9.67 Å². The van der Waals surface area contributed by atoms with Crippen LogP contribution in [0.4, 0.5) is 10.1 Å². The summed E-state index contributed by atoms with van der Waals surface area (Å²) in [7, 11) is -4.04. The molecule has 0 aliphatic heterocycles. The van der Waals surface area contributed by atoms with Crippen LogP contribution in [0.5, 0.6) is 0 Å². The van der Waals surface area contributed by atoms with Crippen molar-refractivity contribution in [3.8, 4) is 10.4 Å². The summed E-state index contributed by atoms with van der Waals surface area (Å²) >= 11 is 0.749. The van der Waals surface area contributed by atoms with Gasteiger partial charge in [0.1, 0.15) is 15.6 Å². The Kier molecular flexibility index (Phi) is 4.32. The summed E-state index contributed by atoms with van der Waals surface area (Å²) in [6.45, 7) is 0. The van der Waals surface area contributed by atoms with Gasteiger partial charge in [-0.05, 0) is 29.8 Å². The molecule has 0 saturated carbocycles. The van der Waals surface area contributed by atoms with Crippen LogP contribution < -0.4 is 5.73 Å². The second kappa shape index (κ2) is 6.30. The van der Waals surface area contributed by atoms with E-state index in [9.17, 15) is 22.7 Å². The quantitative estimate of drug-likeness (QED) is 0.723. The minimum atomic E-state index is -4.04. The highest BCUT2D eigenvalue weighted by Gasteiger charge is 2.31. The maximum atomic E-state index is 13.2. The molecule has 8 heteroatoms. The maximum Gasteiger partial charge on any atom is 0.348 e. The van der Waals surface area contributed by atoms with Crippen LogP contribution in [-0.4, -0.2) is 19.5 Å². The van der Waals surface area contributed by atoms with Crippen molar-refractivity contribution in [3.05, 3.63) is 65.3 Å². The zero-order valence-corrected chi connectivity index (χ0v) is 14.3. The van der Waals surface area contributed by atoms with Crippen molar-refractivity contribution < 1.29 is 22.7 Å². The molecule has 3 aromatic rings.